The Labute approximate surface area is 138 Å². The fraction of sp³-hybridized carbons (Fsp3) is 0.455. The lowest BCUT2D eigenvalue weighted by Crippen LogP contribution is -2.41. The van der Waals surface area contributed by atoms with E-state index in [2.05, 4.69) is 0 Å². The molecule has 1 aliphatic heterocycles. The second kappa shape index (κ2) is 6.32. The number of benzene rings is 1. The van der Waals surface area contributed by atoms with Gasteiger partial charge in [-0.1, -0.05) is 11.6 Å². The molecule has 128 valence electrons. The minimum Gasteiger partial charge on any atom is -0.258 e. The molecule has 1 aliphatic rings. The molecule has 0 spiro atoms. The van der Waals surface area contributed by atoms with Gasteiger partial charge in [-0.3, -0.25) is 10.1 Å². The average Bonchev–Trinajstić information content (AvgIpc) is 2.84. The van der Waals surface area contributed by atoms with E-state index in [0.717, 1.165) is 16.4 Å². The molecule has 2 rings (SSSR count). The van der Waals surface area contributed by atoms with Gasteiger partial charge in [-0.05, 0) is 25.0 Å². The fourth-order valence-corrected chi connectivity index (χ4v) is 5.62. The summed E-state index contributed by atoms with van der Waals surface area (Å²) < 4.78 is 48.9. The summed E-state index contributed by atoms with van der Waals surface area (Å²) in [5.74, 6) is -0.541. The van der Waals surface area contributed by atoms with Gasteiger partial charge < -0.3 is 0 Å². The van der Waals surface area contributed by atoms with Crippen molar-refractivity contribution >= 4 is 37.3 Å². The Morgan fingerprint density at radius 1 is 1.35 bits per heavy atom. The number of halogens is 1. The number of nitrogens with two attached hydrogens (primary N) is 1. The van der Waals surface area contributed by atoms with Gasteiger partial charge in [0.25, 0.3) is 5.69 Å². The molecule has 0 bridgehead atoms. The van der Waals surface area contributed by atoms with Gasteiger partial charge in [0.15, 0.2) is 4.90 Å². The predicted octanol–water partition coefficient (Wildman–Crippen LogP) is 0.690. The van der Waals surface area contributed by atoms with Crippen LogP contribution in [0.15, 0.2) is 23.1 Å². The minimum absolute atomic E-state index is 0.0244. The van der Waals surface area contributed by atoms with Crippen LogP contribution in [0.5, 0.6) is 0 Å². The molecule has 0 amide bonds. The number of hydrogen-bond donors (Lipinski definition) is 1. The third kappa shape index (κ3) is 3.98. The second-order valence-corrected chi connectivity index (χ2v) is 9.06. The van der Waals surface area contributed by atoms with Gasteiger partial charge in [-0.2, -0.15) is 4.31 Å². The van der Waals surface area contributed by atoms with Crippen LogP contribution in [0.2, 0.25) is 5.02 Å². The van der Waals surface area contributed by atoms with Crippen molar-refractivity contribution < 1.29 is 21.8 Å². The van der Waals surface area contributed by atoms with E-state index in [1.54, 1.807) is 0 Å². The number of hydrogen-bond acceptors (Lipinski definition) is 6. The molecule has 1 saturated heterocycles. The van der Waals surface area contributed by atoms with E-state index in [-0.39, 0.29) is 11.6 Å². The topological polar surface area (TPSA) is 141 Å². The fourth-order valence-electron chi connectivity index (χ4n) is 2.53. The summed E-state index contributed by atoms with van der Waals surface area (Å²) in [6, 6.07) is 2.35. The monoisotopic (exact) mass is 383 g/mol. The first-order valence-corrected chi connectivity index (χ1v) is 10.0. The molecule has 0 saturated carbocycles. The maximum absolute atomic E-state index is 12.7. The van der Waals surface area contributed by atoms with Crippen LogP contribution in [0.4, 0.5) is 5.69 Å². The summed E-state index contributed by atoms with van der Waals surface area (Å²) in [5.41, 5.74) is -0.615. The summed E-state index contributed by atoms with van der Waals surface area (Å²) in [6.07, 6.45) is 0.748. The van der Waals surface area contributed by atoms with Gasteiger partial charge >= 0.3 is 0 Å². The van der Waals surface area contributed by atoms with Gasteiger partial charge in [0, 0.05) is 23.7 Å². The quantitative estimate of drug-likeness (QED) is 0.585. The van der Waals surface area contributed by atoms with Crippen molar-refractivity contribution in [3.8, 4) is 0 Å². The Balaban J connectivity index is 2.50. The van der Waals surface area contributed by atoms with Crippen molar-refractivity contribution in [1.82, 2.24) is 4.31 Å². The molecular weight excluding hydrogens is 370 g/mol. The summed E-state index contributed by atoms with van der Waals surface area (Å²) in [4.78, 5) is 9.68. The SMILES string of the molecule is NS(=O)(=O)CC1CCCN1S(=O)(=O)c1cc(Cl)ccc1[N+](=O)[O-]. The summed E-state index contributed by atoms with van der Waals surface area (Å²) in [7, 11) is -8.15. The van der Waals surface area contributed by atoms with E-state index in [1.807, 2.05) is 0 Å². The zero-order chi connectivity index (χ0) is 17.4. The van der Waals surface area contributed by atoms with Crippen LogP contribution in [0.25, 0.3) is 0 Å². The highest BCUT2D eigenvalue weighted by atomic mass is 35.5. The van der Waals surface area contributed by atoms with Crippen LogP contribution in [0.1, 0.15) is 12.8 Å². The van der Waals surface area contributed by atoms with Crippen LogP contribution in [-0.2, 0) is 20.0 Å². The van der Waals surface area contributed by atoms with Crippen LogP contribution in [0.3, 0.4) is 0 Å². The van der Waals surface area contributed by atoms with Crippen molar-refractivity contribution in [2.45, 2.75) is 23.8 Å². The molecule has 1 atom stereocenters. The number of sulfonamides is 2. The van der Waals surface area contributed by atoms with E-state index in [0.29, 0.717) is 12.8 Å². The van der Waals surface area contributed by atoms with E-state index < -0.39 is 47.3 Å². The summed E-state index contributed by atoms with van der Waals surface area (Å²) in [5, 5.41) is 16.1. The Kier molecular flexibility index (Phi) is 4.97. The first-order valence-electron chi connectivity index (χ1n) is 6.48. The molecule has 0 aliphatic carbocycles. The van der Waals surface area contributed by atoms with Crippen molar-refractivity contribution in [2.75, 3.05) is 12.3 Å². The maximum atomic E-state index is 12.7. The van der Waals surface area contributed by atoms with E-state index in [1.165, 1.54) is 6.07 Å². The standard InChI is InChI=1S/C11H14ClN3O6S2/c12-8-3-4-10(15(16)17)11(6-8)23(20,21)14-5-1-2-9(14)7-22(13,18)19/h3-4,6,9H,1-2,5,7H2,(H2,13,18,19). The summed E-state index contributed by atoms with van der Waals surface area (Å²) in [6.45, 7) is 0.0617. The average molecular weight is 384 g/mol. The molecule has 1 heterocycles. The lowest BCUT2D eigenvalue weighted by Gasteiger charge is -2.23. The Morgan fingerprint density at radius 2 is 2.00 bits per heavy atom. The number of nitrogens with zero attached hydrogens (tertiary/aromatic N) is 2. The Hall–Kier alpha value is -1.27. The van der Waals surface area contributed by atoms with Crippen molar-refractivity contribution in [2.24, 2.45) is 5.14 Å². The van der Waals surface area contributed by atoms with Crippen molar-refractivity contribution in [1.29, 1.82) is 0 Å². The molecule has 12 heteroatoms. The molecule has 2 N–H and O–H groups in total. The summed E-state index contributed by atoms with van der Waals surface area (Å²) >= 11 is 5.76. The van der Waals surface area contributed by atoms with Gasteiger partial charge in [0.2, 0.25) is 20.0 Å². The molecule has 0 aromatic heterocycles. The zero-order valence-electron chi connectivity index (χ0n) is 11.8. The molecule has 9 nitrogen and oxygen atoms in total. The highest BCUT2D eigenvalue weighted by Crippen LogP contribution is 2.33. The molecule has 0 radical (unpaired) electrons. The van der Waals surface area contributed by atoms with Crippen molar-refractivity contribution in [3.63, 3.8) is 0 Å². The van der Waals surface area contributed by atoms with E-state index >= 15 is 0 Å². The highest BCUT2D eigenvalue weighted by molar-refractivity contribution is 7.90. The lowest BCUT2D eigenvalue weighted by molar-refractivity contribution is -0.387. The van der Waals surface area contributed by atoms with E-state index in [9.17, 15) is 26.9 Å². The minimum atomic E-state index is -4.27. The van der Waals surface area contributed by atoms with Gasteiger partial charge in [-0.25, -0.2) is 22.0 Å². The smallest absolute Gasteiger partial charge is 0.258 e. The van der Waals surface area contributed by atoms with Gasteiger partial charge in [0.1, 0.15) is 0 Å². The second-order valence-electron chi connectivity index (χ2n) is 5.11. The van der Waals surface area contributed by atoms with Crippen LogP contribution in [-0.4, -0.2) is 44.4 Å². The maximum Gasteiger partial charge on any atom is 0.289 e. The molecule has 1 aromatic rings. The zero-order valence-corrected chi connectivity index (χ0v) is 14.1. The van der Waals surface area contributed by atoms with Crippen LogP contribution >= 0.6 is 11.6 Å². The normalized spacial score (nSPS) is 19.8. The number of nitro groups is 1. The molecule has 23 heavy (non-hydrogen) atoms. The Bertz CT molecular complexity index is 839. The van der Waals surface area contributed by atoms with Crippen LogP contribution in [0, 0.1) is 10.1 Å². The first kappa shape index (κ1) is 18.1. The van der Waals surface area contributed by atoms with Crippen molar-refractivity contribution in [3.05, 3.63) is 33.3 Å². The molecule has 1 unspecified atom stereocenters. The number of primary sulfonamides is 1. The molecule has 1 fully saturated rings. The predicted molar refractivity (Wildman–Crippen MR) is 83.0 cm³/mol. The number of rotatable bonds is 5. The largest absolute Gasteiger partial charge is 0.289 e. The third-order valence-electron chi connectivity index (χ3n) is 3.45. The van der Waals surface area contributed by atoms with Gasteiger partial charge in [-0.15, -0.1) is 0 Å². The molecule has 1 aromatic carbocycles. The lowest BCUT2D eigenvalue weighted by atomic mass is 10.3. The van der Waals surface area contributed by atoms with E-state index in [4.69, 9.17) is 16.7 Å². The highest BCUT2D eigenvalue weighted by Gasteiger charge is 2.40. The van der Waals surface area contributed by atoms with Crippen LogP contribution < -0.4 is 5.14 Å². The number of nitro benzene ring substituents is 1. The third-order valence-corrected chi connectivity index (χ3v) is 6.52. The molecular formula is C11H14ClN3O6S2. The Morgan fingerprint density at radius 3 is 2.57 bits per heavy atom. The first-order chi connectivity index (χ1) is 10.5. The van der Waals surface area contributed by atoms with Gasteiger partial charge in [0.05, 0.1) is 10.7 Å².